The molecule has 0 aliphatic rings. The van der Waals surface area contributed by atoms with Crippen molar-refractivity contribution in [1.29, 1.82) is 0 Å². The highest BCUT2D eigenvalue weighted by Gasteiger charge is 2.11. The minimum Gasteiger partial charge on any atom is -0.211 e. The van der Waals surface area contributed by atoms with Crippen molar-refractivity contribution in [2.75, 3.05) is 6.54 Å². The quantitative estimate of drug-likeness (QED) is 0.449. The molecule has 92 valence electrons. The van der Waals surface area contributed by atoms with E-state index in [1.165, 1.54) is 18.2 Å². The van der Waals surface area contributed by atoms with Crippen LogP contribution in [-0.2, 0) is 14.4 Å². The second-order valence-corrected chi connectivity index (χ2v) is 3.59. The maximum absolute atomic E-state index is 10.1. The first-order valence-electron chi connectivity index (χ1n) is 5.46. The molecule has 0 aliphatic carbocycles. The van der Waals surface area contributed by atoms with Gasteiger partial charge < -0.3 is 0 Å². The normalized spacial score (nSPS) is 12.5. The first-order valence-corrected chi connectivity index (χ1v) is 5.46. The fraction of sp³-hybridized carbons (Fsp3) is 0.727. The van der Waals surface area contributed by atoms with E-state index in [2.05, 4.69) is 15.0 Å². The van der Waals surface area contributed by atoms with Gasteiger partial charge in [0, 0.05) is 0 Å². The lowest BCUT2D eigenvalue weighted by molar-refractivity contribution is 0.419. The Hall–Kier alpha value is -1.86. The van der Waals surface area contributed by atoms with Crippen molar-refractivity contribution in [3.8, 4) is 0 Å². The van der Waals surface area contributed by atoms with Crippen LogP contribution in [0, 0.1) is 5.92 Å². The summed E-state index contributed by atoms with van der Waals surface area (Å²) < 4.78 is 0. The zero-order chi connectivity index (χ0) is 12.9. The van der Waals surface area contributed by atoms with E-state index in [1.807, 2.05) is 6.92 Å². The second kappa shape index (κ2) is 10.7. The molecule has 0 saturated heterocycles. The first-order chi connectivity index (χ1) is 8.28. The Morgan fingerprint density at radius 3 is 2.06 bits per heavy atom. The molecule has 6 nitrogen and oxygen atoms in total. The molecule has 0 saturated carbocycles. The van der Waals surface area contributed by atoms with E-state index in [9.17, 15) is 14.4 Å². The Kier molecular flexibility index (Phi) is 9.49. The largest absolute Gasteiger partial charge is 0.237 e. The molecule has 0 bridgehead atoms. The van der Waals surface area contributed by atoms with Crippen LogP contribution in [0.4, 0.5) is 0 Å². The van der Waals surface area contributed by atoms with Gasteiger partial charge in [0.15, 0.2) is 6.17 Å². The fourth-order valence-electron chi connectivity index (χ4n) is 1.57. The molecule has 0 aliphatic heterocycles. The highest BCUT2D eigenvalue weighted by molar-refractivity contribution is 5.36. The Morgan fingerprint density at radius 2 is 1.59 bits per heavy atom. The average Bonchev–Trinajstić information content (AvgIpc) is 2.33. The van der Waals surface area contributed by atoms with Gasteiger partial charge in [-0.15, -0.1) is 0 Å². The summed E-state index contributed by atoms with van der Waals surface area (Å²) in [6.45, 7) is 2.43. The van der Waals surface area contributed by atoms with Crippen LogP contribution >= 0.6 is 0 Å². The van der Waals surface area contributed by atoms with E-state index in [0.29, 0.717) is 19.4 Å². The minimum atomic E-state index is -0.718. The molecule has 17 heavy (non-hydrogen) atoms. The summed E-state index contributed by atoms with van der Waals surface area (Å²) in [5.41, 5.74) is 0. The third-order valence-corrected chi connectivity index (χ3v) is 2.35. The summed E-state index contributed by atoms with van der Waals surface area (Å²) in [5, 5.41) is 0. The third kappa shape index (κ3) is 8.00. The van der Waals surface area contributed by atoms with E-state index in [0.717, 1.165) is 12.8 Å². The highest BCUT2D eigenvalue weighted by Crippen LogP contribution is 2.16. The number of hydrogen-bond acceptors (Lipinski definition) is 6. The molecule has 0 aromatic heterocycles. The summed E-state index contributed by atoms with van der Waals surface area (Å²) in [4.78, 5) is 40.5. The van der Waals surface area contributed by atoms with Gasteiger partial charge in [-0.2, -0.15) is 9.98 Å². The number of carbonyl (C=O) groups excluding carboxylic acids is 3. The maximum atomic E-state index is 10.1. The SMILES string of the molecule is CCCC(CCC(N=C=O)N=C=O)CN=C=O. The molecular formula is C11H15N3O3. The molecular weight excluding hydrogens is 222 g/mol. The van der Waals surface area contributed by atoms with Crippen molar-refractivity contribution in [1.82, 2.24) is 0 Å². The van der Waals surface area contributed by atoms with Crippen LogP contribution in [0.15, 0.2) is 15.0 Å². The van der Waals surface area contributed by atoms with Crippen LogP contribution in [-0.4, -0.2) is 31.0 Å². The van der Waals surface area contributed by atoms with Crippen molar-refractivity contribution in [3.63, 3.8) is 0 Å². The molecule has 6 heteroatoms. The topological polar surface area (TPSA) is 88.3 Å². The predicted molar refractivity (Wildman–Crippen MR) is 60.7 cm³/mol. The van der Waals surface area contributed by atoms with Gasteiger partial charge in [0.1, 0.15) is 0 Å². The zero-order valence-corrected chi connectivity index (χ0v) is 9.76. The second-order valence-electron chi connectivity index (χ2n) is 3.59. The summed E-state index contributed by atoms with van der Waals surface area (Å²) >= 11 is 0. The van der Waals surface area contributed by atoms with Crippen LogP contribution in [0.25, 0.3) is 0 Å². The molecule has 1 atom stereocenters. The maximum Gasteiger partial charge on any atom is 0.237 e. The minimum absolute atomic E-state index is 0.215. The van der Waals surface area contributed by atoms with Crippen molar-refractivity contribution < 1.29 is 14.4 Å². The van der Waals surface area contributed by atoms with E-state index < -0.39 is 6.17 Å². The third-order valence-electron chi connectivity index (χ3n) is 2.35. The number of aliphatic imine (C=N–C) groups is 3. The lowest BCUT2D eigenvalue weighted by Gasteiger charge is -2.13. The summed E-state index contributed by atoms with van der Waals surface area (Å²) in [7, 11) is 0. The standard InChI is InChI=1S/C11H15N3O3/c1-2-3-10(6-12-7-15)4-5-11(13-8-16)14-9-17/h10-11H,2-6H2,1H3. The van der Waals surface area contributed by atoms with Gasteiger partial charge in [-0.25, -0.2) is 19.4 Å². The molecule has 0 spiro atoms. The van der Waals surface area contributed by atoms with Gasteiger partial charge in [-0.1, -0.05) is 13.3 Å². The molecule has 1 unspecified atom stereocenters. The Morgan fingerprint density at radius 1 is 0.941 bits per heavy atom. The Labute approximate surface area is 99.6 Å². The smallest absolute Gasteiger partial charge is 0.211 e. The predicted octanol–water partition coefficient (Wildman–Crippen LogP) is 1.52. The van der Waals surface area contributed by atoms with E-state index in [1.54, 1.807) is 0 Å². The number of isocyanates is 3. The molecule has 0 aromatic carbocycles. The van der Waals surface area contributed by atoms with Crippen LogP contribution in [0.3, 0.4) is 0 Å². The lowest BCUT2D eigenvalue weighted by Crippen LogP contribution is -2.09. The van der Waals surface area contributed by atoms with Gasteiger partial charge in [-0.3, -0.25) is 0 Å². The van der Waals surface area contributed by atoms with Gasteiger partial charge in [-0.05, 0) is 25.2 Å². The molecule has 0 aromatic rings. The van der Waals surface area contributed by atoms with Crippen LogP contribution < -0.4 is 0 Å². The molecule has 0 N–H and O–H groups in total. The Bertz CT molecular complexity index is 333. The van der Waals surface area contributed by atoms with Crippen molar-refractivity contribution in [2.45, 2.75) is 38.8 Å². The molecule has 0 amide bonds. The number of nitrogens with zero attached hydrogens (tertiary/aromatic N) is 3. The molecule has 0 rings (SSSR count). The van der Waals surface area contributed by atoms with Gasteiger partial charge >= 0.3 is 0 Å². The molecule has 0 radical (unpaired) electrons. The fourth-order valence-corrected chi connectivity index (χ4v) is 1.57. The van der Waals surface area contributed by atoms with Crippen LogP contribution in [0.1, 0.15) is 32.6 Å². The summed E-state index contributed by atoms with van der Waals surface area (Å²) in [6.07, 6.45) is 6.52. The van der Waals surface area contributed by atoms with E-state index in [-0.39, 0.29) is 5.92 Å². The lowest BCUT2D eigenvalue weighted by atomic mass is 9.97. The van der Waals surface area contributed by atoms with Crippen molar-refractivity contribution in [2.24, 2.45) is 20.9 Å². The molecule has 0 fully saturated rings. The van der Waals surface area contributed by atoms with E-state index in [4.69, 9.17) is 0 Å². The Balaban J connectivity index is 4.28. The summed E-state index contributed by atoms with van der Waals surface area (Å²) in [5.74, 6) is 0.215. The van der Waals surface area contributed by atoms with Gasteiger partial charge in [0.25, 0.3) is 0 Å². The monoisotopic (exact) mass is 237 g/mol. The van der Waals surface area contributed by atoms with Crippen LogP contribution in [0.2, 0.25) is 0 Å². The van der Waals surface area contributed by atoms with Crippen molar-refractivity contribution >= 4 is 18.2 Å². The molecule has 0 heterocycles. The zero-order valence-electron chi connectivity index (χ0n) is 9.76. The van der Waals surface area contributed by atoms with Gasteiger partial charge in [0.05, 0.1) is 6.54 Å². The van der Waals surface area contributed by atoms with Crippen molar-refractivity contribution in [3.05, 3.63) is 0 Å². The average molecular weight is 237 g/mol. The van der Waals surface area contributed by atoms with E-state index >= 15 is 0 Å². The van der Waals surface area contributed by atoms with Crippen LogP contribution in [0.5, 0.6) is 0 Å². The number of hydrogen-bond donors (Lipinski definition) is 0. The number of rotatable bonds is 9. The van der Waals surface area contributed by atoms with Gasteiger partial charge in [0.2, 0.25) is 18.2 Å². The summed E-state index contributed by atoms with van der Waals surface area (Å²) in [6, 6.07) is 0. The first kappa shape index (κ1) is 15.1. The highest BCUT2D eigenvalue weighted by atomic mass is 16.1.